The van der Waals surface area contributed by atoms with E-state index in [2.05, 4.69) is 9.88 Å². The fraction of sp³-hybridized carbons (Fsp3) is 0.471. The van der Waals surface area contributed by atoms with Crippen molar-refractivity contribution in [2.45, 2.75) is 25.5 Å². The SMILES string of the molecule is O=C(O)c1ccc(CN(C(=O)O[C@H]2CN3CCC2CC3)c2nccs2)s1. The number of aromatic nitrogens is 1. The number of anilines is 1. The Morgan fingerprint density at radius 2 is 2.15 bits per heavy atom. The summed E-state index contributed by atoms with van der Waals surface area (Å²) in [5.41, 5.74) is 0. The van der Waals surface area contributed by atoms with Crippen molar-refractivity contribution in [3.63, 3.8) is 0 Å². The van der Waals surface area contributed by atoms with Gasteiger partial charge in [0.2, 0.25) is 0 Å². The van der Waals surface area contributed by atoms with Crippen LogP contribution in [0, 0.1) is 5.92 Å². The minimum atomic E-state index is -0.961. The average molecular weight is 393 g/mol. The van der Waals surface area contributed by atoms with Gasteiger partial charge in [0.15, 0.2) is 5.13 Å². The quantitative estimate of drug-likeness (QED) is 0.840. The Balaban J connectivity index is 1.49. The van der Waals surface area contributed by atoms with E-state index in [-0.39, 0.29) is 17.5 Å². The molecule has 2 bridgehead atoms. The number of rotatable bonds is 5. The molecule has 1 amide bonds. The number of carbonyl (C=O) groups is 2. The Labute approximate surface area is 158 Å². The smallest absolute Gasteiger partial charge is 0.416 e. The molecule has 9 heteroatoms. The van der Waals surface area contributed by atoms with Gasteiger partial charge in [-0.2, -0.15) is 0 Å². The predicted molar refractivity (Wildman–Crippen MR) is 99.0 cm³/mol. The van der Waals surface area contributed by atoms with E-state index in [1.54, 1.807) is 23.7 Å². The first-order chi connectivity index (χ1) is 12.6. The highest BCUT2D eigenvalue weighted by atomic mass is 32.1. The molecule has 5 heterocycles. The molecule has 3 fully saturated rings. The number of carboxylic acid groups (broad SMARTS) is 1. The van der Waals surface area contributed by atoms with Crippen LogP contribution in [0.1, 0.15) is 27.4 Å². The number of thiazole rings is 1. The van der Waals surface area contributed by atoms with Gasteiger partial charge < -0.3 is 9.84 Å². The largest absolute Gasteiger partial charge is 0.477 e. The molecule has 138 valence electrons. The van der Waals surface area contributed by atoms with Crippen LogP contribution in [-0.2, 0) is 11.3 Å². The summed E-state index contributed by atoms with van der Waals surface area (Å²) in [5, 5.41) is 11.5. The summed E-state index contributed by atoms with van der Waals surface area (Å²) in [6, 6.07) is 3.29. The zero-order chi connectivity index (χ0) is 18.1. The van der Waals surface area contributed by atoms with E-state index in [1.165, 1.54) is 16.2 Å². The Bertz CT molecular complexity index is 784. The third-order valence-electron chi connectivity index (χ3n) is 4.91. The van der Waals surface area contributed by atoms with Crippen molar-refractivity contribution in [3.8, 4) is 0 Å². The van der Waals surface area contributed by atoms with Gasteiger partial charge in [-0.25, -0.2) is 19.5 Å². The number of hydrogen-bond donors (Lipinski definition) is 1. The fourth-order valence-electron chi connectivity index (χ4n) is 3.53. The average Bonchev–Trinajstić information content (AvgIpc) is 3.32. The highest BCUT2D eigenvalue weighted by Crippen LogP contribution is 2.31. The maximum atomic E-state index is 12.9. The molecule has 2 aromatic heterocycles. The molecule has 0 spiro atoms. The Morgan fingerprint density at radius 3 is 2.73 bits per heavy atom. The van der Waals surface area contributed by atoms with E-state index in [4.69, 9.17) is 9.84 Å². The Morgan fingerprint density at radius 1 is 1.35 bits per heavy atom. The first-order valence-corrected chi connectivity index (χ1v) is 10.2. The molecular weight excluding hydrogens is 374 g/mol. The summed E-state index contributed by atoms with van der Waals surface area (Å²) in [7, 11) is 0. The lowest BCUT2D eigenvalue weighted by atomic mass is 9.86. The van der Waals surface area contributed by atoms with Gasteiger partial charge >= 0.3 is 12.1 Å². The maximum Gasteiger partial charge on any atom is 0.416 e. The van der Waals surface area contributed by atoms with Gasteiger partial charge in [-0.15, -0.1) is 22.7 Å². The number of aromatic carboxylic acids is 1. The molecule has 0 unspecified atom stereocenters. The summed E-state index contributed by atoms with van der Waals surface area (Å²) >= 11 is 2.52. The van der Waals surface area contributed by atoms with Crippen LogP contribution >= 0.6 is 22.7 Å². The molecule has 7 nitrogen and oxygen atoms in total. The molecule has 0 aromatic carbocycles. The molecule has 3 saturated heterocycles. The first-order valence-electron chi connectivity index (χ1n) is 8.52. The van der Waals surface area contributed by atoms with Crippen LogP contribution in [0.4, 0.5) is 9.93 Å². The van der Waals surface area contributed by atoms with Gasteiger partial charge in [-0.3, -0.25) is 4.90 Å². The summed E-state index contributed by atoms with van der Waals surface area (Å²) in [4.78, 5) is 33.1. The summed E-state index contributed by atoms with van der Waals surface area (Å²) in [5.74, 6) is -0.528. The van der Waals surface area contributed by atoms with E-state index in [0.717, 1.165) is 48.7 Å². The lowest BCUT2D eigenvalue weighted by molar-refractivity contribution is -0.0311. The van der Waals surface area contributed by atoms with Crippen molar-refractivity contribution in [2.75, 3.05) is 24.5 Å². The number of hydrogen-bond acceptors (Lipinski definition) is 7. The number of carbonyl (C=O) groups excluding carboxylic acids is 1. The van der Waals surface area contributed by atoms with Crippen molar-refractivity contribution >= 4 is 39.9 Å². The highest BCUT2D eigenvalue weighted by molar-refractivity contribution is 7.14. The molecular formula is C17H19N3O4S2. The topological polar surface area (TPSA) is 83.0 Å². The maximum absolute atomic E-state index is 12.9. The van der Waals surface area contributed by atoms with Crippen LogP contribution in [0.15, 0.2) is 23.7 Å². The summed E-state index contributed by atoms with van der Waals surface area (Å²) < 4.78 is 5.84. The van der Waals surface area contributed by atoms with Crippen LogP contribution in [0.3, 0.4) is 0 Å². The lowest BCUT2D eigenvalue weighted by Gasteiger charge is -2.44. The molecule has 26 heavy (non-hydrogen) atoms. The fourth-order valence-corrected chi connectivity index (χ4v) is 5.00. The number of carboxylic acids is 1. The van der Waals surface area contributed by atoms with Gasteiger partial charge in [0, 0.05) is 23.0 Å². The molecule has 0 radical (unpaired) electrons. The molecule has 3 aliphatic heterocycles. The van der Waals surface area contributed by atoms with Crippen LogP contribution in [0.25, 0.3) is 0 Å². The summed E-state index contributed by atoms with van der Waals surface area (Å²) in [6.07, 6.45) is 3.30. The van der Waals surface area contributed by atoms with Crippen molar-refractivity contribution < 1.29 is 19.4 Å². The summed E-state index contributed by atoms with van der Waals surface area (Å²) in [6.45, 7) is 3.22. The second-order valence-electron chi connectivity index (χ2n) is 6.53. The number of thiophene rings is 1. The normalized spacial score (nSPS) is 24.4. The van der Waals surface area contributed by atoms with Gasteiger partial charge in [0.05, 0.1) is 6.54 Å². The monoisotopic (exact) mass is 393 g/mol. The molecule has 1 N–H and O–H groups in total. The van der Waals surface area contributed by atoms with Crippen LogP contribution in [0.5, 0.6) is 0 Å². The first kappa shape index (κ1) is 17.4. The van der Waals surface area contributed by atoms with E-state index >= 15 is 0 Å². The molecule has 1 atom stereocenters. The van der Waals surface area contributed by atoms with Gasteiger partial charge in [0.1, 0.15) is 11.0 Å². The van der Waals surface area contributed by atoms with Crippen molar-refractivity contribution in [3.05, 3.63) is 33.5 Å². The second kappa shape index (κ2) is 7.34. The second-order valence-corrected chi connectivity index (χ2v) is 8.57. The minimum Gasteiger partial charge on any atom is -0.477 e. The van der Waals surface area contributed by atoms with E-state index in [9.17, 15) is 9.59 Å². The number of amides is 1. The molecule has 0 aliphatic carbocycles. The third-order valence-corrected chi connectivity index (χ3v) is 6.76. The van der Waals surface area contributed by atoms with Crippen LogP contribution < -0.4 is 4.90 Å². The highest BCUT2D eigenvalue weighted by Gasteiger charge is 2.37. The van der Waals surface area contributed by atoms with E-state index in [1.807, 2.05) is 0 Å². The predicted octanol–water partition coefficient (Wildman–Crippen LogP) is 3.14. The Kier molecular flexibility index (Phi) is 4.92. The Hall–Kier alpha value is -1.97. The van der Waals surface area contributed by atoms with Crippen molar-refractivity contribution in [1.29, 1.82) is 0 Å². The van der Waals surface area contributed by atoms with E-state index in [0.29, 0.717) is 11.0 Å². The standard InChI is InChI=1S/C17H19N3O4S2/c21-15(22)14-2-1-12(26-14)9-20(16-18-5-8-25-16)17(23)24-13-10-19-6-3-11(13)4-7-19/h1-2,5,8,11,13H,3-4,6-7,9-10H2,(H,21,22)/t13-/m0/s1. The zero-order valence-electron chi connectivity index (χ0n) is 14.0. The van der Waals surface area contributed by atoms with Gasteiger partial charge in [-0.05, 0) is 44.0 Å². The van der Waals surface area contributed by atoms with Crippen LogP contribution in [-0.4, -0.2) is 52.8 Å². The lowest BCUT2D eigenvalue weighted by Crippen LogP contribution is -2.53. The third kappa shape index (κ3) is 3.60. The van der Waals surface area contributed by atoms with Crippen LogP contribution in [0.2, 0.25) is 0 Å². The number of fused-ring (bicyclic) bond motifs is 3. The van der Waals surface area contributed by atoms with Gasteiger partial charge in [-0.1, -0.05) is 0 Å². The van der Waals surface area contributed by atoms with Crippen molar-refractivity contribution in [1.82, 2.24) is 9.88 Å². The molecule has 0 saturated carbocycles. The molecule has 5 rings (SSSR count). The van der Waals surface area contributed by atoms with E-state index < -0.39 is 12.1 Å². The van der Waals surface area contributed by atoms with Crippen molar-refractivity contribution in [2.24, 2.45) is 5.92 Å². The van der Waals surface area contributed by atoms with Gasteiger partial charge in [0.25, 0.3) is 0 Å². The minimum absolute atomic E-state index is 0.0784. The molecule has 3 aliphatic rings. The number of ether oxygens (including phenoxy) is 1. The number of nitrogens with zero attached hydrogens (tertiary/aromatic N) is 3. The molecule has 2 aromatic rings. The zero-order valence-corrected chi connectivity index (χ0v) is 15.7. The number of piperidine rings is 3.